The monoisotopic (exact) mass is 210 g/mol. The van der Waals surface area contributed by atoms with E-state index in [1.807, 2.05) is 38.5 Å². The van der Waals surface area contributed by atoms with Crippen molar-refractivity contribution in [2.24, 2.45) is 4.99 Å². The molecule has 1 aromatic carbocycles. The van der Waals surface area contributed by atoms with Gasteiger partial charge in [-0.1, -0.05) is 23.7 Å². The fourth-order valence-electron chi connectivity index (χ4n) is 1.35. The molecular weight excluding hydrogens is 196 g/mol. The minimum absolute atomic E-state index is 0.193. The molecule has 0 aliphatic heterocycles. The van der Waals surface area contributed by atoms with Gasteiger partial charge in [-0.25, -0.2) is 0 Å². The van der Waals surface area contributed by atoms with Gasteiger partial charge in [0.2, 0.25) is 0 Å². The van der Waals surface area contributed by atoms with Gasteiger partial charge in [0.25, 0.3) is 0 Å². The largest absolute Gasteiger partial charge is 0.299 e. The van der Waals surface area contributed by atoms with E-state index < -0.39 is 0 Å². The summed E-state index contributed by atoms with van der Waals surface area (Å²) in [6.45, 7) is 0. The van der Waals surface area contributed by atoms with Crippen molar-refractivity contribution < 1.29 is 0 Å². The van der Waals surface area contributed by atoms with Crippen LogP contribution in [0.1, 0.15) is 11.6 Å². The second kappa shape index (κ2) is 5.13. The Kier molecular flexibility index (Phi) is 4.11. The van der Waals surface area contributed by atoms with Crippen molar-refractivity contribution in [1.29, 1.82) is 0 Å². The molecule has 14 heavy (non-hydrogen) atoms. The van der Waals surface area contributed by atoms with E-state index in [1.165, 1.54) is 0 Å². The van der Waals surface area contributed by atoms with Crippen molar-refractivity contribution >= 4 is 17.8 Å². The summed E-state index contributed by atoms with van der Waals surface area (Å²) >= 11 is 5.93. The lowest BCUT2D eigenvalue weighted by molar-refractivity contribution is 0.374. The molecule has 1 aromatic rings. The third kappa shape index (κ3) is 2.82. The highest BCUT2D eigenvalue weighted by atomic mass is 35.5. The summed E-state index contributed by atoms with van der Waals surface area (Å²) in [5, 5.41) is 0.763. The lowest BCUT2D eigenvalue weighted by Crippen LogP contribution is -2.21. The topological polar surface area (TPSA) is 15.6 Å². The van der Waals surface area contributed by atoms with Crippen molar-refractivity contribution in [3.05, 3.63) is 34.9 Å². The molecule has 0 heterocycles. The van der Waals surface area contributed by atoms with Gasteiger partial charge >= 0.3 is 0 Å². The Hall–Kier alpha value is -0.860. The normalized spacial score (nSPS) is 13.8. The van der Waals surface area contributed by atoms with E-state index in [9.17, 15) is 0 Å². The second-order valence-corrected chi connectivity index (χ2v) is 3.81. The number of nitrogens with zero attached hydrogens (tertiary/aromatic N) is 2. The lowest BCUT2D eigenvalue weighted by atomic mass is 10.1. The highest BCUT2D eigenvalue weighted by Gasteiger charge is 2.10. The molecule has 0 bridgehead atoms. The van der Waals surface area contributed by atoms with Crippen LogP contribution in [0.5, 0.6) is 0 Å². The molecule has 0 spiro atoms. The van der Waals surface area contributed by atoms with E-state index in [0.717, 1.165) is 10.6 Å². The van der Waals surface area contributed by atoms with Crippen molar-refractivity contribution in [1.82, 2.24) is 4.90 Å². The molecular formula is C11H15ClN2. The highest BCUT2D eigenvalue weighted by Crippen LogP contribution is 2.19. The third-order valence-corrected chi connectivity index (χ3v) is 2.27. The molecule has 0 aromatic heterocycles. The van der Waals surface area contributed by atoms with E-state index in [0.29, 0.717) is 0 Å². The quantitative estimate of drug-likeness (QED) is 0.701. The van der Waals surface area contributed by atoms with Crippen LogP contribution in [0, 0.1) is 0 Å². The molecule has 0 saturated carbocycles. The minimum Gasteiger partial charge on any atom is -0.299 e. The molecule has 1 atom stereocenters. The van der Waals surface area contributed by atoms with Gasteiger partial charge in [0.1, 0.15) is 0 Å². The van der Waals surface area contributed by atoms with E-state index in [4.69, 9.17) is 11.6 Å². The fourth-order valence-corrected chi connectivity index (χ4v) is 1.55. The molecule has 0 radical (unpaired) electrons. The first kappa shape index (κ1) is 11.2. The van der Waals surface area contributed by atoms with Gasteiger partial charge in [-0.15, -0.1) is 0 Å². The van der Waals surface area contributed by atoms with Crippen LogP contribution in [0.25, 0.3) is 0 Å². The van der Waals surface area contributed by atoms with Crippen LogP contribution in [-0.2, 0) is 0 Å². The van der Waals surface area contributed by atoms with Crippen LogP contribution in [0.15, 0.2) is 29.3 Å². The van der Waals surface area contributed by atoms with E-state index in [1.54, 1.807) is 7.05 Å². The highest BCUT2D eigenvalue weighted by molar-refractivity contribution is 6.30. The van der Waals surface area contributed by atoms with Crippen molar-refractivity contribution in [2.75, 3.05) is 21.1 Å². The van der Waals surface area contributed by atoms with Crippen LogP contribution in [0.2, 0.25) is 5.02 Å². The Bertz CT molecular complexity index is 321. The van der Waals surface area contributed by atoms with Gasteiger partial charge in [0, 0.05) is 18.3 Å². The molecule has 76 valence electrons. The Morgan fingerprint density at radius 2 is 2.14 bits per heavy atom. The second-order valence-electron chi connectivity index (χ2n) is 3.37. The van der Waals surface area contributed by atoms with E-state index in [2.05, 4.69) is 16.0 Å². The Morgan fingerprint density at radius 1 is 1.43 bits per heavy atom. The zero-order chi connectivity index (χ0) is 10.6. The van der Waals surface area contributed by atoms with Gasteiger partial charge in [-0.3, -0.25) is 9.89 Å². The number of halogens is 1. The summed E-state index contributed by atoms with van der Waals surface area (Å²) in [6.07, 6.45) is 1.91. The fraction of sp³-hybridized carbons (Fsp3) is 0.364. The molecule has 0 N–H and O–H groups in total. The standard InChI is InChI=1S/C11H15ClN2/c1-13-8-11(14(2)3)9-5-4-6-10(12)7-9/h4-8,11H,1-3H3. The van der Waals surface area contributed by atoms with Crippen molar-refractivity contribution in [2.45, 2.75) is 6.04 Å². The Morgan fingerprint density at radius 3 is 2.64 bits per heavy atom. The molecule has 0 aliphatic rings. The summed E-state index contributed by atoms with van der Waals surface area (Å²) in [6, 6.07) is 8.05. The zero-order valence-electron chi connectivity index (χ0n) is 8.74. The van der Waals surface area contributed by atoms with Gasteiger partial charge in [0.05, 0.1) is 6.04 Å². The van der Waals surface area contributed by atoms with Crippen molar-refractivity contribution in [3.8, 4) is 0 Å². The smallest absolute Gasteiger partial charge is 0.0696 e. The summed E-state index contributed by atoms with van der Waals surface area (Å²) in [5.41, 5.74) is 1.16. The van der Waals surface area contributed by atoms with Crippen molar-refractivity contribution in [3.63, 3.8) is 0 Å². The molecule has 2 nitrogen and oxygen atoms in total. The Balaban J connectivity index is 2.99. The van der Waals surface area contributed by atoms with Crippen LogP contribution in [-0.4, -0.2) is 32.3 Å². The molecule has 0 fully saturated rings. The van der Waals surface area contributed by atoms with Gasteiger partial charge < -0.3 is 0 Å². The summed E-state index contributed by atoms with van der Waals surface area (Å²) < 4.78 is 0. The van der Waals surface area contributed by atoms with Gasteiger partial charge in [-0.2, -0.15) is 0 Å². The van der Waals surface area contributed by atoms with Crippen LogP contribution >= 0.6 is 11.6 Å². The van der Waals surface area contributed by atoms with Gasteiger partial charge in [0.15, 0.2) is 0 Å². The first-order valence-electron chi connectivity index (χ1n) is 4.49. The lowest BCUT2D eigenvalue weighted by Gasteiger charge is -2.20. The van der Waals surface area contributed by atoms with Gasteiger partial charge in [-0.05, 0) is 31.8 Å². The first-order chi connectivity index (χ1) is 6.65. The van der Waals surface area contributed by atoms with E-state index in [-0.39, 0.29) is 6.04 Å². The number of rotatable bonds is 3. The predicted molar refractivity (Wildman–Crippen MR) is 62.3 cm³/mol. The summed E-state index contributed by atoms with van der Waals surface area (Å²) in [5.74, 6) is 0. The maximum Gasteiger partial charge on any atom is 0.0696 e. The summed E-state index contributed by atoms with van der Waals surface area (Å²) in [4.78, 5) is 6.15. The minimum atomic E-state index is 0.193. The van der Waals surface area contributed by atoms with Crippen LogP contribution in [0.4, 0.5) is 0 Å². The average molecular weight is 211 g/mol. The third-order valence-electron chi connectivity index (χ3n) is 2.04. The van der Waals surface area contributed by atoms with Crippen LogP contribution < -0.4 is 0 Å². The first-order valence-corrected chi connectivity index (χ1v) is 4.87. The summed E-state index contributed by atoms with van der Waals surface area (Å²) in [7, 11) is 5.82. The Labute approximate surface area is 90.2 Å². The van der Waals surface area contributed by atoms with E-state index >= 15 is 0 Å². The number of hydrogen-bond acceptors (Lipinski definition) is 2. The molecule has 3 heteroatoms. The number of hydrogen-bond donors (Lipinski definition) is 0. The molecule has 1 unspecified atom stereocenters. The number of aliphatic imine (C=N–C) groups is 1. The molecule has 1 rings (SSSR count). The average Bonchev–Trinajstić information content (AvgIpc) is 2.13. The maximum absolute atomic E-state index is 5.93. The predicted octanol–water partition coefficient (Wildman–Crippen LogP) is 2.64. The molecule has 0 aliphatic carbocycles. The maximum atomic E-state index is 5.93. The SMILES string of the molecule is CN=CC(c1cccc(Cl)c1)N(C)C. The zero-order valence-corrected chi connectivity index (χ0v) is 9.49. The van der Waals surface area contributed by atoms with Crippen LogP contribution in [0.3, 0.4) is 0 Å². The molecule has 0 saturated heterocycles. The number of benzene rings is 1. The molecule has 0 amide bonds.